The molecule has 0 aliphatic carbocycles. The number of halogens is 1. The van der Waals surface area contributed by atoms with Gasteiger partial charge in [-0.3, -0.25) is 18.7 Å². The van der Waals surface area contributed by atoms with Crippen LogP contribution in [0.3, 0.4) is 0 Å². The van der Waals surface area contributed by atoms with E-state index in [1.54, 1.807) is 43.4 Å². The third kappa shape index (κ3) is 3.35. The van der Waals surface area contributed by atoms with Crippen molar-refractivity contribution in [3.8, 4) is 0 Å². The van der Waals surface area contributed by atoms with Gasteiger partial charge in [-0.25, -0.2) is 4.79 Å². The molecule has 0 atom stereocenters. The first-order chi connectivity index (χ1) is 12.4. The zero-order valence-corrected chi connectivity index (χ0v) is 16.0. The van der Waals surface area contributed by atoms with Gasteiger partial charge in [-0.05, 0) is 36.8 Å². The van der Waals surface area contributed by atoms with Gasteiger partial charge in [0, 0.05) is 30.2 Å². The molecular weight excluding hydrogens is 398 g/mol. The van der Waals surface area contributed by atoms with Crippen LogP contribution < -0.4 is 16.6 Å². The Balaban J connectivity index is 1.80. The van der Waals surface area contributed by atoms with Gasteiger partial charge in [-0.1, -0.05) is 34.1 Å². The van der Waals surface area contributed by atoms with Gasteiger partial charge in [0.2, 0.25) is 0 Å². The number of fused-ring (bicyclic) bond motifs is 1. The largest absolute Gasteiger partial charge is 0.350 e. The summed E-state index contributed by atoms with van der Waals surface area (Å²) < 4.78 is 3.44. The highest BCUT2D eigenvalue weighted by molar-refractivity contribution is 9.10. The summed E-state index contributed by atoms with van der Waals surface area (Å²) in [4.78, 5) is 37.2. The van der Waals surface area contributed by atoms with Crippen LogP contribution in [-0.2, 0) is 13.6 Å². The second kappa shape index (κ2) is 7.29. The predicted octanol–water partition coefficient (Wildman–Crippen LogP) is 2.20. The SMILES string of the molecule is Cc1ccc(C(=O)NCCn2c(=O)c3ccccc3n(C)c2=O)cc1Br. The molecule has 0 bridgehead atoms. The van der Waals surface area contributed by atoms with E-state index in [1.807, 2.05) is 13.0 Å². The summed E-state index contributed by atoms with van der Waals surface area (Å²) in [5.74, 6) is -0.253. The van der Waals surface area contributed by atoms with Gasteiger partial charge in [0.05, 0.1) is 10.9 Å². The number of hydrogen-bond acceptors (Lipinski definition) is 3. The maximum Gasteiger partial charge on any atom is 0.331 e. The van der Waals surface area contributed by atoms with Gasteiger partial charge >= 0.3 is 5.69 Å². The molecule has 3 aromatic rings. The smallest absolute Gasteiger partial charge is 0.331 e. The van der Waals surface area contributed by atoms with Crippen LogP contribution in [0.2, 0.25) is 0 Å². The summed E-state index contributed by atoms with van der Waals surface area (Å²) in [6.07, 6.45) is 0. The second-order valence-corrected chi connectivity index (χ2v) is 6.89. The minimum Gasteiger partial charge on any atom is -0.350 e. The van der Waals surface area contributed by atoms with Crippen molar-refractivity contribution in [3.63, 3.8) is 0 Å². The lowest BCUT2D eigenvalue weighted by molar-refractivity contribution is 0.0952. The lowest BCUT2D eigenvalue weighted by Gasteiger charge is -2.11. The van der Waals surface area contributed by atoms with Crippen molar-refractivity contribution in [2.45, 2.75) is 13.5 Å². The molecule has 1 amide bonds. The first-order valence-electron chi connectivity index (χ1n) is 8.13. The number of aryl methyl sites for hydroxylation is 2. The third-order valence-electron chi connectivity index (χ3n) is 4.31. The number of nitrogens with zero attached hydrogens (tertiary/aromatic N) is 2. The first kappa shape index (κ1) is 18.1. The van der Waals surface area contributed by atoms with Crippen LogP contribution in [0, 0.1) is 6.92 Å². The van der Waals surface area contributed by atoms with Crippen LogP contribution in [0.15, 0.2) is 56.5 Å². The van der Waals surface area contributed by atoms with E-state index in [0.29, 0.717) is 16.5 Å². The normalized spacial score (nSPS) is 10.9. The molecule has 1 heterocycles. The van der Waals surface area contributed by atoms with Gasteiger partial charge in [0.1, 0.15) is 0 Å². The fourth-order valence-electron chi connectivity index (χ4n) is 2.78. The monoisotopic (exact) mass is 415 g/mol. The van der Waals surface area contributed by atoms with Gasteiger partial charge in [0.25, 0.3) is 11.5 Å². The van der Waals surface area contributed by atoms with Crippen LogP contribution in [0.1, 0.15) is 15.9 Å². The van der Waals surface area contributed by atoms with Crippen molar-refractivity contribution in [2.24, 2.45) is 7.05 Å². The Bertz CT molecular complexity index is 1120. The Morgan fingerprint density at radius 3 is 2.62 bits per heavy atom. The molecule has 0 unspecified atom stereocenters. The van der Waals surface area contributed by atoms with Crippen LogP contribution in [0.25, 0.3) is 10.9 Å². The van der Waals surface area contributed by atoms with Gasteiger partial charge in [-0.2, -0.15) is 0 Å². The Kier molecular flexibility index (Phi) is 5.08. The standard InChI is InChI=1S/C19H18BrN3O3/c1-12-7-8-13(11-15(12)20)17(24)21-9-10-23-18(25)14-5-3-4-6-16(14)22(2)19(23)26/h3-8,11H,9-10H2,1-2H3,(H,21,24). The van der Waals surface area contributed by atoms with Crippen molar-refractivity contribution < 1.29 is 4.79 Å². The van der Waals surface area contributed by atoms with E-state index in [4.69, 9.17) is 0 Å². The van der Waals surface area contributed by atoms with Gasteiger partial charge < -0.3 is 5.32 Å². The quantitative estimate of drug-likeness (QED) is 0.709. The zero-order chi connectivity index (χ0) is 18.8. The summed E-state index contributed by atoms with van der Waals surface area (Å²) >= 11 is 3.40. The molecule has 6 nitrogen and oxygen atoms in total. The number of aromatic nitrogens is 2. The van der Waals surface area contributed by atoms with Crippen molar-refractivity contribution in [3.05, 3.63) is 78.9 Å². The molecular formula is C19H18BrN3O3. The number of carbonyl (C=O) groups excluding carboxylic acids is 1. The number of para-hydroxylation sites is 1. The van der Waals surface area contributed by atoms with Crippen molar-refractivity contribution in [2.75, 3.05) is 6.54 Å². The molecule has 0 radical (unpaired) electrons. The summed E-state index contributed by atoms with van der Waals surface area (Å²) in [7, 11) is 1.63. The van der Waals surface area contributed by atoms with E-state index < -0.39 is 5.69 Å². The molecule has 26 heavy (non-hydrogen) atoms. The van der Waals surface area contributed by atoms with Gasteiger partial charge in [0.15, 0.2) is 0 Å². The molecule has 1 N–H and O–H groups in total. The number of rotatable bonds is 4. The fourth-order valence-corrected chi connectivity index (χ4v) is 3.16. The summed E-state index contributed by atoms with van der Waals surface area (Å²) in [6.45, 7) is 2.22. The van der Waals surface area contributed by atoms with Crippen LogP contribution in [0.4, 0.5) is 0 Å². The maximum atomic E-state index is 12.6. The molecule has 2 aromatic carbocycles. The van der Waals surface area contributed by atoms with Crippen molar-refractivity contribution in [1.82, 2.24) is 14.5 Å². The molecule has 0 aliphatic rings. The Hall–Kier alpha value is -2.67. The first-order valence-corrected chi connectivity index (χ1v) is 8.92. The molecule has 7 heteroatoms. The van der Waals surface area contributed by atoms with E-state index in [9.17, 15) is 14.4 Å². The number of benzene rings is 2. The highest BCUT2D eigenvalue weighted by Crippen LogP contribution is 2.17. The number of nitrogens with one attached hydrogen (secondary N) is 1. The predicted molar refractivity (Wildman–Crippen MR) is 105 cm³/mol. The summed E-state index contributed by atoms with van der Waals surface area (Å²) in [6, 6.07) is 12.3. The van der Waals surface area contributed by atoms with Crippen LogP contribution in [-0.4, -0.2) is 21.6 Å². The van der Waals surface area contributed by atoms with Crippen molar-refractivity contribution >= 4 is 32.7 Å². The highest BCUT2D eigenvalue weighted by Gasteiger charge is 2.11. The molecule has 0 fully saturated rings. The number of amides is 1. The second-order valence-electron chi connectivity index (χ2n) is 6.04. The molecule has 0 aliphatic heterocycles. The van der Waals surface area contributed by atoms with Gasteiger partial charge in [-0.15, -0.1) is 0 Å². The average molecular weight is 416 g/mol. The summed E-state index contributed by atoms with van der Waals surface area (Å²) in [5, 5.41) is 3.22. The van der Waals surface area contributed by atoms with Crippen LogP contribution in [0.5, 0.6) is 0 Å². The molecule has 3 rings (SSSR count). The average Bonchev–Trinajstić information content (AvgIpc) is 2.64. The molecule has 0 saturated carbocycles. The Morgan fingerprint density at radius 2 is 1.88 bits per heavy atom. The Labute approximate surface area is 158 Å². The van der Waals surface area contributed by atoms with E-state index >= 15 is 0 Å². The van der Waals surface area contributed by atoms with Crippen LogP contribution >= 0.6 is 15.9 Å². The lowest BCUT2D eigenvalue weighted by Crippen LogP contribution is -2.41. The molecule has 0 saturated heterocycles. The fraction of sp³-hybridized carbons (Fsp3) is 0.211. The summed E-state index contributed by atoms with van der Waals surface area (Å²) in [5.41, 5.74) is 1.39. The highest BCUT2D eigenvalue weighted by atomic mass is 79.9. The minimum atomic E-state index is -0.402. The maximum absolute atomic E-state index is 12.6. The lowest BCUT2D eigenvalue weighted by atomic mass is 10.1. The Morgan fingerprint density at radius 1 is 1.15 bits per heavy atom. The molecule has 0 spiro atoms. The minimum absolute atomic E-state index is 0.106. The number of hydrogen-bond donors (Lipinski definition) is 1. The van der Waals surface area contributed by atoms with E-state index in [1.165, 1.54) is 4.57 Å². The van der Waals surface area contributed by atoms with E-state index in [0.717, 1.165) is 14.6 Å². The van der Waals surface area contributed by atoms with E-state index in [2.05, 4.69) is 21.2 Å². The van der Waals surface area contributed by atoms with Crippen molar-refractivity contribution in [1.29, 1.82) is 0 Å². The molecule has 134 valence electrons. The molecule has 1 aromatic heterocycles. The third-order valence-corrected chi connectivity index (χ3v) is 5.17. The number of carbonyl (C=O) groups is 1. The topological polar surface area (TPSA) is 73.1 Å². The van der Waals surface area contributed by atoms with E-state index in [-0.39, 0.29) is 24.6 Å². The zero-order valence-electron chi connectivity index (χ0n) is 14.5.